The average Bonchev–Trinajstić information content (AvgIpc) is 2.30. The molecule has 0 aliphatic heterocycles. The molecule has 4 nitrogen and oxygen atoms in total. The molecule has 0 aromatic heterocycles. The summed E-state index contributed by atoms with van der Waals surface area (Å²) >= 11 is 0. The van der Waals surface area contributed by atoms with E-state index in [-0.39, 0.29) is 18.9 Å². The molecule has 0 heterocycles. The van der Waals surface area contributed by atoms with Gasteiger partial charge in [-0.1, -0.05) is 6.07 Å². The van der Waals surface area contributed by atoms with Crippen molar-refractivity contribution < 1.29 is 14.7 Å². The number of carbonyl (C=O) groups is 2. The zero-order valence-electron chi connectivity index (χ0n) is 12.9. The molecule has 4 heteroatoms. The fourth-order valence-corrected chi connectivity index (χ4v) is 1.98. The Bertz CT molecular complexity index is 515. The summed E-state index contributed by atoms with van der Waals surface area (Å²) in [6.45, 7) is 9.90. The Morgan fingerprint density at radius 2 is 1.75 bits per heavy atom. The number of amides is 1. The second-order valence-electron chi connectivity index (χ2n) is 6.07. The molecule has 0 spiro atoms. The van der Waals surface area contributed by atoms with E-state index in [0.717, 1.165) is 11.1 Å². The van der Waals surface area contributed by atoms with Crippen LogP contribution in [0.1, 0.15) is 48.7 Å². The monoisotopic (exact) mass is 277 g/mol. The van der Waals surface area contributed by atoms with Crippen LogP contribution in [0.25, 0.3) is 0 Å². The fraction of sp³-hybridized carbons (Fsp3) is 0.500. The zero-order valence-corrected chi connectivity index (χ0v) is 12.9. The third kappa shape index (κ3) is 4.08. The summed E-state index contributed by atoms with van der Waals surface area (Å²) in [7, 11) is 0. The van der Waals surface area contributed by atoms with Crippen LogP contribution < -0.4 is 0 Å². The molecule has 1 amide bonds. The number of aryl methyl sites for hydroxylation is 2. The van der Waals surface area contributed by atoms with Gasteiger partial charge in [0.1, 0.15) is 0 Å². The van der Waals surface area contributed by atoms with E-state index in [2.05, 4.69) is 0 Å². The van der Waals surface area contributed by atoms with E-state index in [4.69, 9.17) is 5.11 Å². The van der Waals surface area contributed by atoms with Gasteiger partial charge in [-0.25, -0.2) is 0 Å². The van der Waals surface area contributed by atoms with E-state index < -0.39 is 11.5 Å². The lowest BCUT2D eigenvalue weighted by molar-refractivity contribution is -0.137. The Hall–Kier alpha value is -1.84. The van der Waals surface area contributed by atoms with Crippen LogP contribution >= 0.6 is 0 Å². The Kier molecular flexibility index (Phi) is 4.93. The number of carboxylic acids is 1. The summed E-state index contributed by atoms with van der Waals surface area (Å²) < 4.78 is 0. The third-order valence-corrected chi connectivity index (χ3v) is 3.36. The van der Waals surface area contributed by atoms with E-state index in [1.165, 1.54) is 0 Å². The maximum absolute atomic E-state index is 12.6. The number of nitrogens with zero attached hydrogens (tertiary/aromatic N) is 1. The Labute approximate surface area is 120 Å². The van der Waals surface area contributed by atoms with Gasteiger partial charge < -0.3 is 10.0 Å². The van der Waals surface area contributed by atoms with Gasteiger partial charge in [-0.05, 0) is 57.9 Å². The van der Waals surface area contributed by atoms with Crippen molar-refractivity contribution in [1.29, 1.82) is 0 Å². The van der Waals surface area contributed by atoms with Gasteiger partial charge in [-0.3, -0.25) is 9.59 Å². The molecule has 0 unspecified atom stereocenters. The van der Waals surface area contributed by atoms with Crippen molar-refractivity contribution >= 4 is 11.9 Å². The summed E-state index contributed by atoms with van der Waals surface area (Å²) in [5, 5.41) is 8.82. The van der Waals surface area contributed by atoms with Gasteiger partial charge in [0.15, 0.2) is 0 Å². The first-order chi connectivity index (χ1) is 9.12. The van der Waals surface area contributed by atoms with E-state index >= 15 is 0 Å². The quantitative estimate of drug-likeness (QED) is 0.920. The van der Waals surface area contributed by atoms with Crippen LogP contribution in [0.2, 0.25) is 0 Å². The van der Waals surface area contributed by atoms with Gasteiger partial charge >= 0.3 is 5.97 Å². The fourth-order valence-electron chi connectivity index (χ4n) is 1.98. The normalized spacial score (nSPS) is 11.2. The lowest BCUT2D eigenvalue weighted by Crippen LogP contribution is -2.46. The molecule has 1 aromatic carbocycles. The highest BCUT2D eigenvalue weighted by Crippen LogP contribution is 2.19. The topological polar surface area (TPSA) is 57.6 Å². The summed E-state index contributed by atoms with van der Waals surface area (Å²) in [6.07, 6.45) is -0.0478. The molecule has 20 heavy (non-hydrogen) atoms. The average molecular weight is 277 g/mol. The van der Waals surface area contributed by atoms with Gasteiger partial charge in [0.2, 0.25) is 0 Å². The van der Waals surface area contributed by atoms with Gasteiger partial charge in [0.05, 0.1) is 6.42 Å². The zero-order chi connectivity index (χ0) is 15.5. The van der Waals surface area contributed by atoms with Crippen LogP contribution in [0.4, 0.5) is 0 Å². The Balaban J connectivity index is 3.03. The molecule has 0 fully saturated rings. The largest absolute Gasteiger partial charge is 0.481 e. The molecule has 0 aliphatic carbocycles. The minimum atomic E-state index is -0.896. The van der Waals surface area contributed by atoms with Crippen LogP contribution in [0.15, 0.2) is 18.2 Å². The molecule has 110 valence electrons. The molecule has 0 atom stereocenters. The van der Waals surface area contributed by atoms with Gasteiger partial charge in [-0.2, -0.15) is 0 Å². The van der Waals surface area contributed by atoms with E-state index in [1.54, 1.807) is 11.0 Å². The molecule has 1 aromatic rings. The number of carboxylic acid groups (broad SMARTS) is 1. The van der Waals surface area contributed by atoms with Gasteiger partial charge in [0.25, 0.3) is 5.91 Å². The van der Waals surface area contributed by atoms with Crippen molar-refractivity contribution in [1.82, 2.24) is 4.90 Å². The highest BCUT2D eigenvalue weighted by molar-refractivity contribution is 5.95. The molecule has 1 rings (SSSR count). The Morgan fingerprint density at radius 3 is 2.20 bits per heavy atom. The maximum Gasteiger partial charge on any atom is 0.305 e. The van der Waals surface area contributed by atoms with Crippen LogP contribution in [0.5, 0.6) is 0 Å². The summed E-state index contributed by atoms with van der Waals surface area (Å²) in [4.78, 5) is 25.0. The molecule has 0 saturated carbocycles. The van der Waals surface area contributed by atoms with Gasteiger partial charge in [0, 0.05) is 17.6 Å². The van der Waals surface area contributed by atoms with Crippen molar-refractivity contribution in [3.63, 3.8) is 0 Å². The second-order valence-corrected chi connectivity index (χ2v) is 6.07. The van der Waals surface area contributed by atoms with E-state index in [1.807, 2.05) is 46.8 Å². The predicted molar refractivity (Wildman–Crippen MR) is 79.0 cm³/mol. The number of hydrogen-bond donors (Lipinski definition) is 1. The first kappa shape index (κ1) is 16.2. The van der Waals surface area contributed by atoms with Crippen molar-refractivity contribution in [3.05, 3.63) is 34.9 Å². The minimum Gasteiger partial charge on any atom is -0.481 e. The molecule has 0 saturated heterocycles. The third-order valence-electron chi connectivity index (χ3n) is 3.36. The highest BCUT2D eigenvalue weighted by Gasteiger charge is 2.27. The predicted octanol–water partition coefficient (Wildman–Crippen LogP) is 3.02. The van der Waals surface area contributed by atoms with Crippen molar-refractivity contribution in [2.75, 3.05) is 6.54 Å². The minimum absolute atomic E-state index is 0.0478. The molecule has 1 N–H and O–H groups in total. The SMILES string of the molecule is Cc1ccc(C(=O)N(CCC(=O)O)C(C)(C)C)cc1C. The van der Waals surface area contributed by atoms with Crippen molar-refractivity contribution in [2.24, 2.45) is 0 Å². The van der Waals surface area contributed by atoms with Gasteiger partial charge in [-0.15, -0.1) is 0 Å². The summed E-state index contributed by atoms with van der Waals surface area (Å²) in [5.74, 6) is -1.02. The molecular formula is C16H23NO3. The first-order valence-electron chi connectivity index (χ1n) is 6.74. The number of aliphatic carboxylic acids is 1. The number of benzene rings is 1. The smallest absolute Gasteiger partial charge is 0.305 e. The number of rotatable bonds is 4. The Morgan fingerprint density at radius 1 is 1.15 bits per heavy atom. The standard InChI is InChI=1S/C16H23NO3/c1-11-6-7-13(10-12(11)2)15(20)17(16(3,4)5)9-8-14(18)19/h6-7,10H,8-9H2,1-5H3,(H,18,19). The van der Waals surface area contributed by atoms with E-state index in [9.17, 15) is 9.59 Å². The van der Waals surface area contributed by atoms with Crippen molar-refractivity contribution in [2.45, 2.75) is 46.6 Å². The number of carbonyl (C=O) groups excluding carboxylic acids is 1. The summed E-state index contributed by atoms with van der Waals surface area (Å²) in [6, 6.07) is 5.57. The lowest BCUT2D eigenvalue weighted by atomic mass is 10.0. The molecule has 0 aliphatic rings. The second kappa shape index (κ2) is 6.07. The summed E-state index contributed by atoms with van der Waals surface area (Å²) in [5.41, 5.74) is 2.39. The van der Waals surface area contributed by atoms with Crippen LogP contribution in [0.3, 0.4) is 0 Å². The van der Waals surface area contributed by atoms with E-state index in [0.29, 0.717) is 5.56 Å². The first-order valence-corrected chi connectivity index (χ1v) is 6.74. The van der Waals surface area contributed by atoms with Crippen LogP contribution in [0, 0.1) is 13.8 Å². The van der Waals surface area contributed by atoms with Crippen LogP contribution in [-0.2, 0) is 4.79 Å². The molecular weight excluding hydrogens is 254 g/mol. The maximum atomic E-state index is 12.6. The lowest BCUT2D eigenvalue weighted by Gasteiger charge is -2.35. The van der Waals surface area contributed by atoms with Crippen LogP contribution in [-0.4, -0.2) is 34.0 Å². The molecule has 0 radical (unpaired) electrons. The molecule has 0 bridgehead atoms. The highest BCUT2D eigenvalue weighted by atomic mass is 16.4. The number of hydrogen-bond acceptors (Lipinski definition) is 2. The van der Waals surface area contributed by atoms with Crippen molar-refractivity contribution in [3.8, 4) is 0 Å².